The van der Waals surface area contributed by atoms with E-state index in [0.717, 1.165) is 28.1 Å². The molecule has 3 rings (SSSR count). The topological polar surface area (TPSA) is 75.7 Å². The zero-order chi connectivity index (χ0) is 20.3. The number of nitrogens with one attached hydrogen (secondary N) is 1. The number of anilines is 2. The van der Waals surface area contributed by atoms with Crippen molar-refractivity contribution >= 4 is 29.2 Å². The molecule has 0 saturated carbocycles. The Morgan fingerprint density at radius 1 is 1.11 bits per heavy atom. The van der Waals surface area contributed by atoms with Crippen LogP contribution in [0.2, 0.25) is 0 Å². The van der Waals surface area contributed by atoms with Crippen molar-refractivity contribution < 1.29 is 19.1 Å². The summed E-state index contributed by atoms with van der Waals surface area (Å²) in [7, 11) is 0. The van der Waals surface area contributed by atoms with Crippen LogP contribution in [0.4, 0.5) is 11.4 Å². The summed E-state index contributed by atoms with van der Waals surface area (Å²) in [4.78, 5) is 38.4. The maximum Gasteiger partial charge on any atom is 0.311 e. The Balaban J connectivity index is 1.55. The summed E-state index contributed by atoms with van der Waals surface area (Å²) in [5.74, 6) is -1.61. The molecular formula is C22H24N2O4. The number of carbonyl (C=O) groups is 3. The Kier molecular flexibility index (Phi) is 5.78. The van der Waals surface area contributed by atoms with E-state index in [1.165, 1.54) is 0 Å². The smallest absolute Gasteiger partial charge is 0.311 e. The molecular weight excluding hydrogens is 356 g/mol. The van der Waals surface area contributed by atoms with E-state index in [9.17, 15) is 14.4 Å². The molecule has 1 saturated heterocycles. The lowest BCUT2D eigenvalue weighted by atomic mass is 10.1. The third-order valence-corrected chi connectivity index (χ3v) is 4.86. The number of ether oxygens (including phenoxy) is 1. The Hall–Kier alpha value is -3.15. The molecule has 0 radical (unpaired) electrons. The minimum atomic E-state index is -0.569. The molecule has 0 aromatic heterocycles. The quantitative estimate of drug-likeness (QED) is 0.809. The maximum absolute atomic E-state index is 12.3. The van der Waals surface area contributed by atoms with Gasteiger partial charge in [0.1, 0.15) is 0 Å². The zero-order valence-electron chi connectivity index (χ0n) is 16.3. The van der Waals surface area contributed by atoms with Crippen molar-refractivity contribution in [2.24, 2.45) is 5.92 Å². The third kappa shape index (κ3) is 4.39. The molecule has 28 heavy (non-hydrogen) atoms. The molecule has 0 bridgehead atoms. The molecule has 146 valence electrons. The van der Waals surface area contributed by atoms with Crippen LogP contribution < -0.4 is 10.2 Å². The van der Waals surface area contributed by atoms with Crippen molar-refractivity contribution in [2.75, 3.05) is 23.4 Å². The summed E-state index contributed by atoms with van der Waals surface area (Å²) in [5, 5.41) is 2.78. The van der Waals surface area contributed by atoms with E-state index >= 15 is 0 Å². The van der Waals surface area contributed by atoms with Gasteiger partial charge in [0, 0.05) is 24.3 Å². The largest absolute Gasteiger partial charge is 0.455 e. The molecule has 6 heteroatoms. The van der Waals surface area contributed by atoms with Gasteiger partial charge in [0.25, 0.3) is 5.91 Å². The van der Waals surface area contributed by atoms with Crippen LogP contribution in [0.25, 0.3) is 0 Å². The molecule has 1 aliphatic rings. The molecule has 0 unspecified atom stereocenters. The molecule has 6 nitrogen and oxygen atoms in total. The van der Waals surface area contributed by atoms with Crippen LogP contribution in [0.3, 0.4) is 0 Å². The summed E-state index contributed by atoms with van der Waals surface area (Å²) >= 11 is 0. The summed E-state index contributed by atoms with van der Waals surface area (Å²) in [6.45, 7) is 5.64. The first-order valence-electron chi connectivity index (χ1n) is 9.25. The number of carbonyl (C=O) groups excluding carboxylic acids is 3. The van der Waals surface area contributed by atoms with Crippen molar-refractivity contribution in [3.63, 3.8) is 0 Å². The van der Waals surface area contributed by atoms with Crippen molar-refractivity contribution in [1.29, 1.82) is 0 Å². The first kappa shape index (κ1) is 19.6. The van der Waals surface area contributed by atoms with Crippen LogP contribution >= 0.6 is 0 Å². The van der Waals surface area contributed by atoms with Gasteiger partial charge in [0.2, 0.25) is 5.91 Å². The number of para-hydroxylation sites is 1. The summed E-state index contributed by atoms with van der Waals surface area (Å²) in [6.07, 6.45) is 0.0886. The van der Waals surface area contributed by atoms with E-state index in [1.54, 1.807) is 4.90 Å². The predicted octanol–water partition coefficient (Wildman–Crippen LogP) is 3.15. The standard InChI is InChI=1S/C22H24N2O4/c1-14-6-4-9-18(10-14)24-12-17(11-20(24)26)22(27)28-13-19(25)23-21-15(2)7-5-8-16(21)3/h4-10,17H,11-13H2,1-3H3,(H,23,25)/t17-/m1/s1. The highest BCUT2D eigenvalue weighted by molar-refractivity contribution is 6.00. The van der Waals surface area contributed by atoms with Crippen LogP contribution in [0.5, 0.6) is 0 Å². The first-order chi connectivity index (χ1) is 13.3. The molecule has 2 amide bonds. The molecule has 0 aliphatic carbocycles. The summed E-state index contributed by atoms with van der Waals surface area (Å²) in [6, 6.07) is 13.3. The predicted molar refractivity (Wildman–Crippen MR) is 107 cm³/mol. The summed E-state index contributed by atoms with van der Waals surface area (Å²) in [5.41, 5.74) is 4.42. The summed E-state index contributed by atoms with van der Waals surface area (Å²) < 4.78 is 5.17. The second kappa shape index (κ2) is 8.25. The molecule has 1 N–H and O–H groups in total. The Morgan fingerprint density at radius 3 is 2.46 bits per heavy atom. The van der Waals surface area contributed by atoms with Crippen molar-refractivity contribution in [3.8, 4) is 0 Å². The average Bonchev–Trinajstić information content (AvgIpc) is 3.05. The molecule has 1 fully saturated rings. The van der Waals surface area contributed by atoms with Crippen molar-refractivity contribution in [2.45, 2.75) is 27.2 Å². The van der Waals surface area contributed by atoms with Crippen LogP contribution in [-0.4, -0.2) is 30.9 Å². The number of aryl methyl sites for hydroxylation is 3. The van der Waals surface area contributed by atoms with Gasteiger partial charge in [0.05, 0.1) is 5.92 Å². The van der Waals surface area contributed by atoms with Crippen molar-refractivity contribution in [3.05, 3.63) is 59.2 Å². The lowest BCUT2D eigenvalue weighted by molar-refractivity contribution is -0.151. The fraction of sp³-hybridized carbons (Fsp3) is 0.318. The first-order valence-corrected chi connectivity index (χ1v) is 9.25. The maximum atomic E-state index is 12.3. The highest BCUT2D eigenvalue weighted by atomic mass is 16.5. The van der Waals surface area contributed by atoms with E-state index < -0.39 is 17.8 Å². The molecule has 1 heterocycles. The number of esters is 1. The minimum Gasteiger partial charge on any atom is -0.455 e. The van der Waals surface area contributed by atoms with Gasteiger partial charge in [-0.25, -0.2) is 0 Å². The number of amides is 2. The minimum absolute atomic E-state index is 0.0886. The number of hydrogen-bond acceptors (Lipinski definition) is 4. The Labute approximate surface area is 164 Å². The van der Waals surface area contributed by atoms with Crippen LogP contribution in [0, 0.1) is 26.7 Å². The molecule has 1 aliphatic heterocycles. The number of benzene rings is 2. The monoisotopic (exact) mass is 380 g/mol. The van der Waals surface area contributed by atoms with Gasteiger partial charge in [-0.3, -0.25) is 14.4 Å². The second-order valence-corrected chi connectivity index (χ2v) is 7.17. The molecule has 0 spiro atoms. The zero-order valence-corrected chi connectivity index (χ0v) is 16.3. The van der Waals surface area contributed by atoms with Gasteiger partial charge in [-0.1, -0.05) is 30.3 Å². The van der Waals surface area contributed by atoms with E-state index in [2.05, 4.69) is 5.32 Å². The molecule has 2 aromatic carbocycles. The van der Waals surface area contributed by atoms with E-state index in [-0.39, 0.29) is 25.5 Å². The Bertz CT molecular complexity index is 902. The lowest BCUT2D eigenvalue weighted by Crippen LogP contribution is -2.28. The van der Waals surface area contributed by atoms with E-state index in [1.807, 2.05) is 63.2 Å². The highest BCUT2D eigenvalue weighted by Crippen LogP contribution is 2.26. The van der Waals surface area contributed by atoms with E-state index in [4.69, 9.17) is 4.74 Å². The SMILES string of the molecule is Cc1cccc(N2C[C@H](C(=O)OCC(=O)Nc3c(C)cccc3C)CC2=O)c1. The van der Waals surface area contributed by atoms with Crippen LogP contribution in [-0.2, 0) is 19.1 Å². The third-order valence-electron chi connectivity index (χ3n) is 4.86. The van der Waals surface area contributed by atoms with Crippen LogP contribution in [0.1, 0.15) is 23.1 Å². The fourth-order valence-electron chi connectivity index (χ4n) is 3.35. The second-order valence-electron chi connectivity index (χ2n) is 7.17. The van der Waals surface area contributed by atoms with Gasteiger partial charge in [-0.15, -0.1) is 0 Å². The van der Waals surface area contributed by atoms with E-state index in [0.29, 0.717) is 0 Å². The normalized spacial score (nSPS) is 16.2. The number of nitrogens with zero attached hydrogens (tertiary/aromatic N) is 1. The van der Waals surface area contributed by atoms with Gasteiger partial charge in [-0.05, 0) is 49.6 Å². The van der Waals surface area contributed by atoms with Crippen LogP contribution in [0.15, 0.2) is 42.5 Å². The van der Waals surface area contributed by atoms with Gasteiger partial charge in [0.15, 0.2) is 6.61 Å². The lowest BCUT2D eigenvalue weighted by Gasteiger charge is -2.17. The molecule has 2 aromatic rings. The highest BCUT2D eigenvalue weighted by Gasteiger charge is 2.36. The number of hydrogen-bond donors (Lipinski definition) is 1. The Morgan fingerprint density at radius 2 is 1.79 bits per heavy atom. The average molecular weight is 380 g/mol. The molecule has 1 atom stereocenters. The van der Waals surface area contributed by atoms with Gasteiger partial charge < -0.3 is 15.0 Å². The fourth-order valence-corrected chi connectivity index (χ4v) is 3.35. The number of rotatable bonds is 5. The van der Waals surface area contributed by atoms with Gasteiger partial charge in [-0.2, -0.15) is 0 Å². The van der Waals surface area contributed by atoms with Gasteiger partial charge >= 0.3 is 5.97 Å². The van der Waals surface area contributed by atoms with Crippen molar-refractivity contribution in [1.82, 2.24) is 0 Å².